The van der Waals surface area contributed by atoms with Gasteiger partial charge in [-0.25, -0.2) is 4.98 Å². The van der Waals surface area contributed by atoms with Gasteiger partial charge in [0.25, 0.3) is 0 Å². The Bertz CT molecular complexity index is 515. The van der Waals surface area contributed by atoms with Crippen LogP contribution in [0.1, 0.15) is 19.8 Å². The van der Waals surface area contributed by atoms with Crippen molar-refractivity contribution >= 4 is 28.4 Å². The fraction of sp³-hybridized carbons (Fsp3) is 0.667. The van der Waals surface area contributed by atoms with Crippen LogP contribution in [0.25, 0.3) is 0 Å². The van der Waals surface area contributed by atoms with Crippen molar-refractivity contribution < 1.29 is 24.4 Å². The number of anilines is 1. The zero-order chi connectivity index (χ0) is 16.4. The minimum atomic E-state index is -1.11. The van der Waals surface area contributed by atoms with Crippen LogP contribution in [0.2, 0.25) is 0 Å². The van der Waals surface area contributed by atoms with Gasteiger partial charge >= 0.3 is 0 Å². The molecular weight excluding hydrogens is 415 g/mol. The van der Waals surface area contributed by atoms with Crippen LogP contribution < -0.4 is 5.32 Å². The molecule has 0 aromatic carbocycles. The SMILES string of the molecule is CCCC1OC[C@H]2O[C@@H](Nc3ccc(I)cn3)[C@H](O)[C@@H](O)[C@@H]2O1. The Kier molecular flexibility index (Phi) is 5.70. The van der Waals surface area contributed by atoms with E-state index in [-0.39, 0.29) is 6.29 Å². The second-order valence-corrected chi connectivity index (χ2v) is 6.98. The van der Waals surface area contributed by atoms with Gasteiger partial charge in [0.2, 0.25) is 0 Å². The Hall–Kier alpha value is -0.520. The Morgan fingerprint density at radius 2 is 2.13 bits per heavy atom. The van der Waals surface area contributed by atoms with Crippen LogP contribution in [-0.4, -0.2) is 58.7 Å². The lowest BCUT2D eigenvalue weighted by molar-refractivity contribution is -0.322. The van der Waals surface area contributed by atoms with Gasteiger partial charge in [-0.05, 0) is 41.1 Å². The highest BCUT2D eigenvalue weighted by atomic mass is 127. The lowest BCUT2D eigenvalue weighted by atomic mass is 9.97. The number of rotatable bonds is 4. The Morgan fingerprint density at radius 1 is 1.30 bits per heavy atom. The van der Waals surface area contributed by atoms with Gasteiger partial charge in [0.05, 0.1) is 6.61 Å². The Labute approximate surface area is 148 Å². The summed E-state index contributed by atoms with van der Waals surface area (Å²) in [7, 11) is 0. The first-order valence-electron chi connectivity index (χ1n) is 7.75. The van der Waals surface area contributed by atoms with Gasteiger partial charge in [-0.3, -0.25) is 0 Å². The lowest BCUT2D eigenvalue weighted by Gasteiger charge is -2.46. The number of nitrogens with zero attached hydrogens (tertiary/aromatic N) is 1. The van der Waals surface area contributed by atoms with Gasteiger partial charge in [0.15, 0.2) is 12.5 Å². The van der Waals surface area contributed by atoms with E-state index in [2.05, 4.69) is 32.9 Å². The molecule has 1 aromatic rings. The van der Waals surface area contributed by atoms with Crippen molar-refractivity contribution in [2.45, 2.75) is 56.7 Å². The number of aliphatic hydroxyl groups is 2. The quantitative estimate of drug-likeness (QED) is 0.609. The third-order valence-corrected chi connectivity index (χ3v) is 4.62. The van der Waals surface area contributed by atoms with Crippen LogP contribution in [0.15, 0.2) is 18.3 Å². The molecule has 6 atom stereocenters. The molecule has 0 amide bonds. The molecule has 2 saturated heterocycles. The topological polar surface area (TPSA) is 93.1 Å². The van der Waals surface area contributed by atoms with E-state index in [1.54, 1.807) is 12.3 Å². The monoisotopic (exact) mass is 436 g/mol. The van der Waals surface area contributed by atoms with Gasteiger partial charge in [0, 0.05) is 9.77 Å². The second-order valence-electron chi connectivity index (χ2n) is 5.73. The molecule has 2 fully saturated rings. The third-order valence-electron chi connectivity index (χ3n) is 3.98. The van der Waals surface area contributed by atoms with Crippen LogP contribution in [0, 0.1) is 3.57 Å². The molecule has 8 heteroatoms. The number of aromatic nitrogens is 1. The molecule has 1 aromatic heterocycles. The summed E-state index contributed by atoms with van der Waals surface area (Å²) in [6, 6.07) is 3.69. The molecule has 128 valence electrons. The molecular formula is C15H21IN2O5. The number of nitrogens with one attached hydrogen (secondary N) is 1. The molecule has 0 aliphatic carbocycles. The summed E-state index contributed by atoms with van der Waals surface area (Å²) in [5.41, 5.74) is 0. The predicted molar refractivity (Wildman–Crippen MR) is 90.8 cm³/mol. The summed E-state index contributed by atoms with van der Waals surface area (Å²) in [6.45, 7) is 2.37. The molecule has 3 N–H and O–H groups in total. The normalized spacial score (nSPS) is 37.2. The summed E-state index contributed by atoms with van der Waals surface area (Å²) in [5.74, 6) is 0.571. The number of halogens is 1. The van der Waals surface area contributed by atoms with Crippen molar-refractivity contribution in [1.29, 1.82) is 0 Å². The van der Waals surface area contributed by atoms with Gasteiger partial charge < -0.3 is 29.7 Å². The van der Waals surface area contributed by atoms with E-state index < -0.39 is 30.6 Å². The number of pyridine rings is 1. The molecule has 3 heterocycles. The zero-order valence-electron chi connectivity index (χ0n) is 12.8. The average molecular weight is 436 g/mol. The molecule has 1 unspecified atom stereocenters. The summed E-state index contributed by atoms with van der Waals surface area (Å²) >= 11 is 2.16. The van der Waals surface area contributed by atoms with Crippen molar-refractivity contribution in [3.63, 3.8) is 0 Å². The van der Waals surface area contributed by atoms with E-state index >= 15 is 0 Å². The average Bonchev–Trinajstić information content (AvgIpc) is 2.55. The fourth-order valence-corrected chi connectivity index (χ4v) is 3.09. The van der Waals surface area contributed by atoms with Crippen molar-refractivity contribution in [1.82, 2.24) is 4.98 Å². The molecule has 23 heavy (non-hydrogen) atoms. The highest BCUT2D eigenvalue weighted by Gasteiger charge is 2.48. The number of hydrogen-bond donors (Lipinski definition) is 3. The first kappa shape index (κ1) is 17.3. The van der Waals surface area contributed by atoms with E-state index in [4.69, 9.17) is 14.2 Å². The molecule has 0 radical (unpaired) electrons. The van der Waals surface area contributed by atoms with Crippen molar-refractivity contribution in [2.75, 3.05) is 11.9 Å². The maximum Gasteiger partial charge on any atom is 0.158 e. The van der Waals surface area contributed by atoms with E-state index in [0.717, 1.165) is 16.4 Å². The van der Waals surface area contributed by atoms with Crippen molar-refractivity contribution in [3.05, 3.63) is 21.9 Å². The molecule has 3 rings (SSSR count). The number of aliphatic hydroxyl groups excluding tert-OH is 2. The van der Waals surface area contributed by atoms with Crippen LogP contribution >= 0.6 is 22.6 Å². The minimum Gasteiger partial charge on any atom is -0.387 e. The number of fused-ring (bicyclic) bond motifs is 1. The van der Waals surface area contributed by atoms with Crippen LogP contribution in [-0.2, 0) is 14.2 Å². The smallest absolute Gasteiger partial charge is 0.158 e. The largest absolute Gasteiger partial charge is 0.387 e. The molecule has 2 aliphatic heterocycles. The molecule has 2 aliphatic rings. The Balaban J connectivity index is 1.66. The van der Waals surface area contributed by atoms with Gasteiger partial charge in [-0.2, -0.15) is 0 Å². The van der Waals surface area contributed by atoms with Gasteiger partial charge in [-0.15, -0.1) is 0 Å². The van der Waals surface area contributed by atoms with Crippen LogP contribution in [0.4, 0.5) is 5.82 Å². The maximum atomic E-state index is 10.4. The van der Waals surface area contributed by atoms with E-state index in [0.29, 0.717) is 12.4 Å². The van der Waals surface area contributed by atoms with Crippen molar-refractivity contribution in [3.8, 4) is 0 Å². The molecule has 7 nitrogen and oxygen atoms in total. The van der Waals surface area contributed by atoms with Gasteiger partial charge in [0.1, 0.15) is 30.2 Å². The van der Waals surface area contributed by atoms with E-state index in [9.17, 15) is 10.2 Å². The van der Waals surface area contributed by atoms with Gasteiger partial charge in [-0.1, -0.05) is 13.3 Å². The third kappa shape index (κ3) is 3.94. The predicted octanol–water partition coefficient (Wildman–Crippen LogP) is 1.09. The lowest BCUT2D eigenvalue weighted by Crippen LogP contribution is -2.64. The first-order valence-corrected chi connectivity index (χ1v) is 8.83. The number of ether oxygens (including phenoxy) is 3. The Morgan fingerprint density at radius 3 is 2.83 bits per heavy atom. The first-order chi connectivity index (χ1) is 11.1. The fourth-order valence-electron chi connectivity index (χ4n) is 2.77. The molecule has 0 saturated carbocycles. The number of hydrogen-bond acceptors (Lipinski definition) is 7. The van der Waals surface area contributed by atoms with E-state index in [1.807, 2.05) is 13.0 Å². The minimum absolute atomic E-state index is 0.331. The second kappa shape index (κ2) is 7.58. The molecule has 0 spiro atoms. The zero-order valence-corrected chi connectivity index (χ0v) is 14.9. The van der Waals surface area contributed by atoms with Crippen molar-refractivity contribution in [2.24, 2.45) is 0 Å². The summed E-state index contributed by atoms with van der Waals surface area (Å²) in [5, 5.41) is 23.7. The van der Waals surface area contributed by atoms with Crippen LogP contribution in [0.5, 0.6) is 0 Å². The van der Waals surface area contributed by atoms with E-state index in [1.165, 1.54) is 0 Å². The summed E-state index contributed by atoms with van der Waals surface area (Å²) < 4.78 is 18.2. The highest BCUT2D eigenvalue weighted by molar-refractivity contribution is 14.1. The summed E-state index contributed by atoms with van der Waals surface area (Å²) in [6.07, 6.45) is -0.913. The standard InChI is InChI=1S/C15H21IN2O5/c1-2-3-11-21-7-9-14(23-11)12(19)13(20)15(22-9)18-10-5-4-8(16)6-17-10/h4-6,9,11-15,19-20H,2-3,7H2,1H3,(H,17,18)/t9-,11?,12-,13-,14-,15-/m1/s1. The molecule has 0 bridgehead atoms. The van der Waals surface area contributed by atoms with Crippen LogP contribution in [0.3, 0.4) is 0 Å². The highest BCUT2D eigenvalue weighted by Crippen LogP contribution is 2.29. The maximum absolute atomic E-state index is 10.4. The summed E-state index contributed by atoms with van der Waals surface area (Å²) in [4.78, 5) is 4.22.